The smallest absolute Gasteiger partial charge is 0.0456 e. The molecule has 0 aromatic heterocycles. The molecule has 98 valence electrons. The van der Waals surface area contributed by atoms with Crippen LogP contribution in [0.3, 0.4) is 0 Å². The summed E-state index contributed by atoms with van der Waals surface area (Å²) in [4.78, 5) is 0. The average Bonchev–Trinajstić information content (AvgIpc) is 2.38. The van der Waals surface area contributed by atoms with Crippen molar-refractivity contribution in [2.24, 2.45) is 5.73 Å². The van der Waals surface area contributed by atoms with E-state index in [1.54, 1.807) is 0 Å². The van der Waals surface area contributed by atoms with Gasteiger partial charge in [-0.25, -0.2) is 0 Å². The molecule has 2 N–H and O–H groups in total. The van der Waals surface area contributed by atoms with Gasteiger partial charge in [0, 0.05) is 5.54 Å². The molecule has 2 aromatic rings. The molecule has 0 amide bonds. The molecule has 0 aliphatic heterocycles. The van der Waals surface area contributed by atoms with Crippen molar-refractivity contribution in [3.8, 4) is 0 Å². The lowest BCUT2D eigenvalue weighted by molar-refractivity contribution is 0.383. The first-order chi connectivity index (χ1) is 9.08. The van der Waals surface area contributed by atoms with Gasteiger partial charge in [0.05, 0.1) is 0 Å². The molecule has 1 aliphatic carbocycles. The summed E-state index contributed by atoms with van der Waals surface area (Å²) < 4.78 is 0. The van der Waals surface area contributed by atoms with Crippen molar-refractivity contribution in [3.63, 3.8) is 0 Å². The van der Waals surface area contributed by atoms with Gasteiger partial charge >= 0.3 is 0 Å². The van der Waals surface area contributed by atoms with Gasteiger partial charge in [-0.05, 0) is 55.4 Å². The quantitative estimate of drug-likeness (QED) is 0.822. The minimum absolute atomic E-state index is 0.202. The summed E-state index contributed by atoms with van der Waals surface area (Å²) in [5.41, 5.74) is 13.4. The van der Waals surface area contributed by atoms with E-state index >= 15 is 0 Å². The minimum atomic E-state index is -0.202. The van der Waals surface area contributed by atoms with Gasteiger partial charge in [-0.15, -0.1) is 0 Å². The number of aryl methyl sites for hydroxylation is 3. The molecular formula is C18H21N. The number of fused-ring (bicyclic) bond motifs is 1. The van der Waals surface area contributed by atoms with E-state index in [0.29, 0.717) is 0 Å². The molecule has 2 aromatic carbocycles. The molecule has 19 heavy (non-hydrogen) atoms. The zero-order chi connectivity index (χ0) is 13.5. The fourth-order valence-corrected chi connectivity index (χ4v) is 3.36. The first kappa shape index (κ1) is 12.4. The van der Waals surface area contributed by atoms with E-state index < -0.39 is 0 Å². The van der Waals surface area contributed by atoms with Crippen molar-refractivity contribution >= 4 is 0 Å². The summed E-state index contributed by atoms with van der Waals surface area (Å²) in [7, 11) is 0. The van der Waals surface area contributed by atoms with Crippen LogP contribution in [-0.2, 0) is 18.4 Å². The van der Waals surface area contributed by atoms with Gasteiger partial charge in [-0.2, -0.15) is 0 Å². The highest BCUT2D eigenvalue weighted by Gasteiger charge is 2.32. The maximum atomic E-state index is 6.75. The first-order valence-electron chi connectivity index (χ1n) is 7.02. The van der Waals surface area contributed by atoms with E-state index in [1.165, 1.54) is 27.8 Å². The maximum absolute atomic E-state index is 6.75. The molecule has 0 heterocycles. The van der Waals surface area contributed by atoms with E-state index in [1.807, 2.05) is 0 Å². The summed E-state index contributed by atoms with van der Waals surface area (Å²) in [6.45, 7) is 4.31. The summed E-state index contributed by atoms with van der Waals surface area (Å²) in [5.74, 6) is 0. The Morgan fingerprint density at radius 3 is 2.47 bits per heavy atom. The molecule has 0 fully saturated rings. The topological polar surface area (TPSA) is 26.0 Å². The molecule has 1 unspecified atom stereocenters. The average molecular weight is 251 g/mol. The van der Waals surface area contributed by atoms with E-state index in [2.05, 4.69) is 56.3 Å². The maximum Gasteiger partial charge on any atom is 0.0456 e. The predicted octanol–water partition coefficient (Wildman–Crippen LogP) is 3.65. The van der Waals surface area contributed by atoms with Crippen LogP contribution in [0.15, 0.2) is 42.5 Å². The molecule has 0 spiro atoms. The standard InChI is InChI=1S/C18H21N/c1-13-7-8-17(14(2)11-13)18(19)10-9-15-5-3-4-6-16(15)12-18/h3-8,11H,9-10,12,19H2,1-2H3. The monoisotopic (exact) mass is 251 g/mol. The highest BCUT2D eigenvalue weighted by Crippen LogP contribution is 2.36. The van der Waals surface area contributed by atoms with Gasteiger partial charge in [-0.1, -0.05) is 48.0 Å². The Bertz CT molecular complexity index is 615. The van der Waals surface area contributed by atoms with Crippen LogP contribution in [0.5, 0.6) is 0 Å². The number of nitrogens with two attached hydrogens (primary N) is 1. The van der Waals surface area contributed by atoms with Crippen molar-refractivity contribution in [2.45, 2.75) is 38.6 Å². The summed E-state index contributed by atoms with van der Waals surface area (Å²) in [5, 5.41) is 0. The van der Waals surface area contributed by atoms with Crippen molar-refractivity contribution in [1.82, 2.24) is 0 Å². The van der Waals surface area contributed by atoms with E-state index in [0.717, 1.165) is 19.3 Å². The van der Waals surface area contributed by atoms with Gasteiger partial charge in [0.25, 0.3) is 0 Å². The number of rotatable bonds is 1. The van der Waals surface area contributed by atoms with Crippen LogP contribution in [-0.4, -0.2) is 0 Å². The van der Waals surface area contributed by atoms with Gasteiger partial charge in [0.15, 0.2) is 0 Å². The van der Waals surface area contributed by atoms with Crippen LogP contribution in [0.2, 0.25) is 0 Å². The van der Waals surface area contributed by atoms with E-state index in [9.17, 15) is 0 Å². The van der Waals surface area contributed by atoms with Gasteiger partial charge < -0.3 is 5.73 Å². The molecule has 1 nitrogen and oxygen atoms in total. The molecule has 0 radical (unpaired) electrons. The third kappa shape index (κ3) is 2.19. The molecule has 3 rings (SSSR count). The zero-order valence-electron chi connectivity index (χ0n) is 11.7. The van der Waals surface area contributed by atoms with E-state index in [-0.39, 0.29) is 5.54 Å². The van der Waals surface area contributed by atoms with Crippen molar-refractivity contribution < 1.29 is 0 Å². The third-order valence-corrected chi connectivity index (χ3v) is 4.38. The lowest BCUT2D eigenvalue weighted by Crippen LogP contribution is -2.42. The van der Waals surface area contributed by atoms with Crippen molar-refractivity contribution in [2.75, 3.05) is 0 Å². The highest BCUT2D eigenvalue weighted by atomic mass is 14.7. The Morgan fingerprint density at radius 2 is 1.74 bits per heavy atom. The molecule has 1 heteroatoms. The largest absolute Gasteiger partial charge is 0.321 e. The minimum Gasteiger partial charge on any atom is -0.321 e. The second-order valence-electron chi connectivity index (χ2n) is 5.92. The first-order valence-corrected chi connectivity index (χ1v) is 7.02. The molecule has 1 aliphatic rings. The van der Waals surface area contributed by atoms with Crippen molar-refractivity contribution in [1.29, 1.82) is 0 Å². The predicted molar refractivity (Wildman–Crippen MR) is 80.2 cm³/mol. The molecule has 0 saturated carbocycles. The zero-order valence-corrected chi connectivity index (χ0v) is 11.7. The van der Waals surface area contributed by atoms with Crippen LogP contribution in [0.4, 0.5) is 0 Å². The SMILES string of the molecule is Cc1ccc(C2(N)CCc3ccccc3C2)c(C)c1. The van der Waals surface area contributed by atoms with Crippen LogP contribution < -0.4 is 5.73 Å². The second kappa shape index (κ2) is 4.50. The Labute approximate surface area is 115 Å². The third-order valence-electron chi connectivity index (χ3n) is 4.38. The molecular weight excluding hydrogens is 230 g/mol. The van der Waals surface area contributed by atoms with Crippen LogP contribution in [0, 0.1) is 13.8 Å². The fraction of sp³-hybridized carbons (Fsp3) is 0.333. The van der Waals surface area contributed by atoms with Gasteiger partial charge in [-0.3, -0.25) is 0 Å². The fourth-order valence-electron chi connectivity index (χ4n) is 3.36. The van der Waals surface area contributed by atoms with Crippen LogP contribution in [0.1, 0.15) is 34.2 Å². The lowest BCUT2D eigenvalue weighted by atomic mass is 9.73. The number of hydrogen-bond donors (Lipinski definition) is 1. The number of hydrogen-bond acceptors (Lipinski definition) is 1. The molecule has 0 saturated heterocycles. The van der Waals surface area contributed by atoms with E-state index in [4.69, 9.17) is 5.73 Å². The normalized spacial score (nSPS) is 22.1. The Morgan fingerprint density at radius 1 is 1.00 bits per heavy atom. The Hall–Kier alpha value is -1.60. The molecule has 1 atom stereocenters. The second-order valence-corrected chi connectivity index (χ2v) is 5.92. The summed E-state index contributed by atoms with van der Waals surface area (Å²) >= 11 is 0. The van der Waals surface area contributed by atoms with Crippen molar-refractivity contribution in [3.05, 3.63) is 70.3 Å². The van der Waals surface area contributed by atoms with Crippen LogP contribution >= 0.6 is 0 Å². The summed E-state index contributed by atoms with van der Waals surface area (Å²) in [6, 6.07) is 15.3. The summed E-state index contributed by atoms with van der Waals surface area (Å²) in [6.07, 6.45) is 3.07. The van der Waals surface area contributed by atoms with Gasteiger partial charge in [0.2, 0.25) is 0 Å². The highest BCUT2D eigenvalue weighted by molar-refractivity contribution is 5.41. The Balaban J connectivity index is 2.01. The van der Waals surface area contributed by atoms with Crippen LogP contribution in [0.25, 0.3) is 0 Å². The lowest BCUT2D eigenvalue weighted by Gasteiger charge is -2.36. The Kier molecular flexibility index (Phi) is 2.94. The van der Waals surface area contributed by atoms with Gasteiger partial charge in [0.1, 0.15) is 0 Å². The number of benzene rings is 2. The molecule has 0 bridgehead atoms.